The minimum Gasteiger partial charge on any atom is -0.342 e. The van der Waals surface area contributed by atoms with Gasteiger partial charge in [-0.1, -0.05) is 5.16 Å². The van der Waals surface area contributed by atoms with E-state index in [0.717, 1.165) is 26.1 Å². The molecule has 0 saturated carbocycles. The number of aromatic nitrogens is 2. The van der Waals surface area contributed by atoms with Crippen LogP contribution in [0.3, 0.4) is 0 Å². The number of likely N-dealkylation sites (tertiary alicyclic amines) is 1. The second-order valence-corrected chi connectivity index (χ2v) is 6.42. The van der Waals surface area contributed by atoms with Crippen molar-refractivity contribution >= 4 is 18.3 Å². The normalized spacial score (nSPS) is 16.5. The number of amides is 1. The topological polar surface area (TPSA) is 71.3 Å². The number of benzene rings is 1. The van der Waals surface area contributed by atoms with E-state index in [0.29, 0.717) is 42.5 Å². The molecule has 0 spiro atoms. The van der Waals surface area contributed by atoms with Gasteiger partial charge in [-0.2, -0.15) is 4.98 Å². The first-order chi connectivity index (χ1) is 12.2. The highest BCUT2D eigenvalue weighted by Crippen LogP contribution is 2.19. The third-order valence-corrected chi connectivity index (χ3v) is 4.48. The smallest absolute Gasteiger partial charge is 0.226 e. The lowest BCUT2D eigenvalue weighted by molar-refractivity contribution is -0.130. The molecule has 6 nitrogen and oxygen atoms in total. The Hall–Kier alpha value is -1.99. The molecule has 1 saturated heterocycles. The summed E-state index contributed by atoms with van der Waals surface area (Å²) in [6, 6.07) is 5.95. The maximum Gasteiger partial charge on any atom is 0.226 e. The zero-order chi connectivity index (χ0) is 17.6. The maximum absolute atomic E-state index is 12.9. The summed E-state index contributed by atoms with van der Waals surface area (Å²) in [5.74, 6) is 1.39. The first kappa shape index (κ1) is 20.3. The van der Waals surface area contributed by atoms with Crippen LogP contribution in [0.25, 0.3) is 11.4 Å². The Morgan fingerprint density at radius 3 is 2.88 bits per heavy atom. The van der Waals surface area contributed by atoms with Gasteiger partial charge in [-0.05, 0) is 56.6 Å². The summed E-state index contributed by atoms with van der Waals surface area (Å²) in [6.45, 7) is 2.65. The van der Waals surface area contributed by atoms with Crippen LogP contribution in [0, 0.1) is 11.7 Å². The lowest BCUT2D eigenvalue weighted by Gasteiger charge is -2.16. The van der Waals surface area contributed by atoms with Crippen molar-refractivity contribution in [2.75, 3.05) is 26.7 Å². The number of nitrogens with zero attached hydrogens (tertiary/aromatic N) is 3. The fourth-order valence-corrected chi connectivity index (χ4v) is 3.14. The standard InChI is InChI=1S/C18H23FN4O2.ClH/c1-20-11-13-9-10-23(12-13)17(24)4-2-3-16-21-18(22-25-16)14-5-7-15(19)8-6-14;/h5-8,13,20H,2-4,9-12H2,1H3;1H. The molecule has 0 bridgehead atoms. The van der Waals surface area contributed by atoms with Crippen molar-refractivity contribution in [3.05, 3.63) is 36.0 Å². The third kappa shape index (κ3) is 5.25. The number of carbonyl (C=O) groups is 1. The van der Waals surface area contributed by atoms with E-state index in [9.17, 15) is 9.18 Å². The molecule has 2 aromatic rings. The van der Waals surface area contributed by atoms with Crippen molar-refractivity contribution in [2.24, 2.45) is 5.92 Å². The molecule has 8 heteroatoms. The predicted octanol–water partition coefficient (Wildman–Crippen LogP) is 2.69. The number of nitrogens with one attached hydrogen (secondary N) is 1. The van der Waals surface area contributed by atoms with E-state index in [4.69, 9.17) is 4.52 Å². The lowest BCUT2D eigenvalue weighted by Crippen LogP contribution is -2.30. The zero-order valence-electron chi connectivity index (χ0n) is 14.8. The molecule has 1 aromatic carbocycles. The average molecular weight is 383 g/mol. The molecule has 1 fully saturated rings. The van der Waals surface area contributed by atoms with Crippen LogP contribution in [0.15, 0.2) is 28.8 Å². The van der Waals surface area contributed by atoms with Crippen LogP contribution in [0.5, 0.6) is 0 Å². The highest BCUT2D eigenvalue weighted by Gasteiger charge is 2.25. The summed E-state index contributed by atoms with van der Waals surface area (Å²) in [5.41, 5.74) is 0.708. The molecule has 1 aliphatic rings. The Morgan fingerprint density at radius 2 is 2.15 bits per heavy atom. The van der Waals surface area contributed by atoms with Crippen LogP contribution >= 0.6 is 12.4 Å². The number of carbonyl (C=O) groups excluding carboxylic acids is 1. The number of hydrogen-bond donors (Lipinski definition) is 1. The second kappa shape index (κ2) is 9.64. The molecule has 26 heavy (non-hydrogen) atoms. The molecule has 3 rings (SSSR count). The molecule has 2 heterocycles. The van der Waals surface area contributed by atoms with Crippen molar-refractivity contribution in [3.8, 4) is 11.4 Å². The van der Waals surface area contributed by atoms with Gasteiger partial charge >= 0.3 is 0 Å². The monoisotopic (exact) mass is 382 g/mol. The van der Waals surface area contributed by atoms with Crippen molar-refractivity contribution in [1.29, 1.82) is 0 Å². The van der Waals surface area contributed by atoms with Gasteiger partial charge in [0.05, 0.1) is 0 Å². The van der Waals surface area contributed by atoms with Gasteiger partial charge in [0.2, 0.25) is 17.6 Å². The van der Waals surface area contributed by atoms with Gasteiger partial charge in [0.25, 0.3) is 0 Å². The van der Waals surface area contributed by atoms with Gasteiger partial charge in [-0.15, -0.1) is 12.4 Å². The highest BCUT2D eigenvalue weighted by molar-refractivity contribution is 5.85. The van der Waals surface area contributed by atoms with E-state index >= 15 is 0 Å². The molecule has 0 radical (unpaired) electrons. The van der Waals surface area contributed by atoms with E-state index in [1.54, 1.807) is 12.1 Å². The number of aryl methyl sites for hydroxylation is 1. The van der Waals surface area contributed by atoms with Crippen molar-refractivity contribution in [1.82, 2.24) is 20.4 Å². The minimum atomic E-state index is -0.301. The number of rotatable bonds is 7. The zero-order valence-corrected chi connectivity index (χ0v) is 15.6. The summed E-state index contributed by atoms with van der Waals surface area (Å²) in [7, 11) is 1.94. The van der Waals surface area contributed by atoms with E-state index in [1.165, 1.54) is 12.1 Å². The van der Waals surface area contributed by atoms with Crippen molar-refractivity contribution in [2.45, 2.75) is 25.7 Å². The summed E-state index contributed by atoms with van der Waals surface area (Å²) in [4.78, 5) is 18.5. The van der Waals surface area contributed by atoms with Crippen LogP contribution < -0.4 is 5.32 Å². The van der Waals surface area contributed by atoms with Crippen molar-refractivity contribution in [3.63, 3.8) is 0 Å². The summed E-state index contributed by atoms with van der Waals surface area (Å²) >= 11 is 0. The molecule has 1 unspecified atom stereocenters. The van der Waals surface area contributed by atoms with E-state index in [-0.39, 0.29) is 24.1 Å². The van der Waals surface area contributed by atoms with Crippen molar-refractivity contribution < 1.29 is 13.7 Å². The summed E-state index contributed by atoms with van der Waals surface area (Å²) in [6.07, 6.45) is 2.79. The minimum absolute atomic E-state index is 0. The molecule has 1 aliphatic heterocycles. The predicted molar refractivity (Wildman–Crippen MR) is 98.5 cm³/mol. The second-order valence-electron chi connectivity index (χ2n) is 6.42. The van der Waals surface area contributed by atoms with Crippen LogP contribution in [0.1, 0.15) is 25.2 Å². The molecule has 0 aliphatic carbocycles. The van der Waals surface area contributed by atoms with E-state index in [1.807, 2.05) is 11.9 Å². The lowest BCUT2D eigenvalue weighted by atomic mass is 10.1. The highest BCUT2D eigenvalue weighted by atomic mass is 35.5. The maximum atomic E-state index is 12.9. The fourth-order valence-electron chi connectivity index (χ4n) is 3.14. The molecule has 1 aromatic heterocycles. The Bertz CT molecular complexity index is 707. The Balaban J connectivity index is 0.00000243. The van der Waals surface area contributed by atoms with Gasteiger partial charge in [-0.3, -0.25) is 4.79 Å². The fraction of sp³-hybridized carbons (Fsp3) is 0.500. The van der Waals surface area contributed by atoms with Crippen LogP contribution in [-0.2, 0) is 11.2 Å². The van der Waals surface area contributed by atoms with Gasteiger partial charge in [0.1, 0.15) is 5.82 Å². The van der Waals surface area contributed by atoms with Gasteiger partial charge in [-0.25, -0.2) is 4.39 Å². The van der Waals surface area contributed by atoms with Crippen LogP contribution in [-0.4, -0.2) is 47.6 Å². The van der Waals surface area contributed by atoms with Gasteiger partial charge in [0, 0.05) is 31.5 Å². The van der Waals surface area contributed by atoms with E-state index in [2.05, 4.69) is 15.5 Å². The first-order valence-corrected chi connectivity index (χ1v) is 8.66. The van der Waals surface area contributed by atoms with E-state index < -0.39 is 0 Å². The number of hydrogen-bond acceptors (Lipinski definition) is 5. The van der Waals surface area contributed by atoms with Gasteiger partial charge < -0.3 is 14.7 Å². The Kier molecular flexibility index (Phi) is 7.53. The average Bonchev–Trinajstić information content (AvgIpc) is 3.26. The molecule has 1 amide bonds. The Morgan fingerprint density at radius 1 is 1.38 bits per heavy atom. The molecule has 1 N–H and O–H groups in total. The van der Waals surface area contributed by atoms with Crippen LogP contribution in [0.4, 0.5) is 4.39 Å². The number of halogens is 2. The molecular formula is C18H24ClFN4O2. The quantitative estimate of drug-likeness (QED) is 0.797. The largest absolute Gasteiger partial charge is 0.342 e. The Labute approximate surface area is 158 Å². The van der Waals surface area contributed by atoms with Crippen LogP contribution in [0.2, 0.25) is 0 Å². The summed E-state index contributed by atoms with van der Waals surface area (Å²) in [5, 5.41) is 7.08. The first-order valence-electron chi connectivity index (χ1n) is 8.66. The third-order valence-electron chi connectivity index (χ3n) is 4.48. The molecular weight excluding hydrogens is 359 g/mol. The summed E-state index contributed by atoms with van der Waals surface area (Å²) < 4.78 is 18.2. The molecule has 142 valence electrons. The van der Waals surface area contributed by atoms with Gasteiger partial charge in [0.15, 0.2) is 0 Å². The molecule has 1 atom stereocenters. The SMILES string of the molecule is CNCC1CCN(C(=O)CCCc2nc(-c3ccc(F)cc3)no2)C1.Cl.